The number of carbonyl (C=O) groups is 1. The molecule has 4 nitrogen and oxygen atoms in total. The normalized spacial score (nSPS) is 10.1. The van der Waals surface area contributed by atoms with E-state index in [2.05, 4.69) is 26.2 Å². The molecule has 1 aromatic heterocycles. The standard InChI is InChI=1S/C13H10BrFN2O2/c1-16-13(18)12-7-9(4-5-17-12)19-8-2-3-10(14)11(15)6-8/h2-7H,1H3,(H,16,18). The van der Waals surface area contributed by atoms with E-state index in [-0.39, 0.29) is 11.6 Å². The van der Waals surface area contributed by atoms with Crippen LogP contribution in [-0.4, -0.2) is 17.9 Å². The Kier molecular flexibility index (Phi) is 4.11. The summed E-state index contributed by atoms with van der Waals surface area (Å²) in [6.07, 6.45) is 1.45. The lowest BCUT2D eigenvalue weighted by Crippen LogP contribution is -2.18. The molecule has 2 rings (SSSR count). The Hall–Kier alpha value is -1.95. The molecule has 0 fully saturated rings. The monoisotopic (exact) mass is 324 g/mol. The summed E-state index contributed by atoms with van der Waals surface area (Å²) in [5, 5.41) is 2.47. The van der Waals surface area contributed by atoms with Crippen LogP contribution in [0.1, 0.15) is 10.5 Å². The van der Waals surface area contributed by atoms with E-state index in [9.17, 15) is 9.18 Å². The van der Waals surface area contributed by atoms with Gasteiger partial charge in [0.25, 0.3) is 5.91 Å². The number of nitrogens with one attached hydrogen (secondary N) is 1. The molecule has 1 aromatic carbocycles. The third-order valence-corrected chi connectivity index (χ3v) is 2.96. The fourth-order valence-electron chi connectivity index (χ4n) is 1.40. The Morgan fingerprint density at radius 3 is 2.74 bits per heavy atom. The molecule has 6 heteroatoms. The minimum absolute atomic E-state index is 0.234. The van der Waals surface area contributed by atoms with Gasteiger partial charge in [-0.2, -0.15) is 0 Å². The molecule has 0 bridgehead atoms. The van der Waals surface area contributed by atoms with Gasteiger partial charge >= 0.3 is 0 Å². The summed E-state index contributed by atoms with van der Waals surface area (Å²) < 4.78 is 19.2. The van der Waals surface area contributed by atoms with Crippen molar-refractivity contribution in [2.24, 2.45) is 0 Å². The van der Waals surface area contributed by atoms with Crippen molar-refractivity contribution in [2.45, 2.75) is 0 Å². The number of carbonyl (C=O) groups excluding carboxylic acids is 1. The number of nitrogens with zero attached hydrogens (tertiary/aromatic N) is 1. The molecule has 0 atom stereocenters. The summed E-state index contributed by atoms with van der Waals surface area (Å²) in [7, 11) is 1.52. The molecule has 0 saturated heterocycles. The first kappa shape index (κ1) is 13.5. The van der Waals surface area contributed by atoms with Gasteiger partial charge in [-0.25, -0.2) is 4.39 Å². The summed E-state index contributed by atoms with van der Waals surface area (Å²) in [4.78, 5) is 15.3. The molecule has 1 amide bonds. The molecule has 2 aromatic rings. The number of pyridine rings is 1. The van der Waals surface area contributed by atoms with E-state index in [0.717, 1.165) is 0 Å². The summed E-state index contributed by atoms with van der Waals surface area (Å²) in [6.45, 7) is 0. The maximum Gasteiger partial charge on any atom is 0.269 e. The van der Waals surface area contributed by atoms with Crippen LogP contribution in [0, 0.1) is 5.82 Å². The number of amides is 1. The van der Waals surface area contributed by atoms with Crippen LogP contribution in [0.2, 0.25) is 0 Å². The second-order valence-corrected chi connectivity index (χ2v) is 4.49. The number of benzene rings is 1. The predicted octanol–water partition coefficient (Wildman–Crippen LogP) is 3.14. The van der Waals surface area contributed by atoms with Crippen LogP contribution in [0.5, 0.6) is 11.5 Å². The van der Waals surface area contributed by atoms with Gasteiger partial charge in [-0.1, -0.05) is 0 Å². The smallest absolute Gasteiger partial charge is 0.269 e. The minimum Gasteiger partial charge on any atom is -0.457 e. The number of aromatic nitrogens is 1. The Morgan fingerprint density at radius 1 is 1.32 bits per heavy atom. The van der Waals surface area contributed by atoms with Gasteiger partial charge in [0.1, 0.15) is 23.0 Å². The molecule has 0 aliphatic carbocycles. The van der Waals surface area contributed by atoms with E-state index < -0.39 is 5.82 Å². The summed E-state index contributed by atoms with van der Waals surface area (Å²) in [6, 6.07) is 7.49. The average Bonchev–Trinajstić information content (AvgIpc) is 2.42. The van der Waals surface area contributed by atoms with E-state index in [4.69, 9.17) is 4.74 Å². The van der Waals surface area contributed by atoms with E-state index in [1.165, 1.54) is 25.4 Å². The summed E-state index contributed by atoms with van der Waals surface area (Å²) in [5.74, 6) is 0.0237. The Bertz CT molecular complexity index is 619. The SMILES string of the molecule is CNC(=O)c1cc(Oc2ccc(Br)c(F)c2)ccn1. The van der Waals surface area contributed by atoms with Crippen molar-refractivity contribution in [3.05, 3.63) is 52.5 Å². The number of rotatable bonds is 3. The van der Waals surface area contributed by atoms with Crippen molar-refractivity contribution in [3.8, 4) is 11.5 Å². The molecule has 0 spiro atoms. The van der Waals surface area contributed by atoms with E-state index in [1.807, 2.05) is 0 Å². The van der Waals surface area contributed by atoms with Gasteiger partial charge in [0, 0.05) is 25.4 Å². The average molecular weight is 325 g/mol. The zero-order chi connectivity index (χ0) is 13.8. The molecule has 98 valence electrons. The topological polar surface area (TPSA) is 51.2 Å². The van der Waals surface area contributed by atoms with Gasteiger partial charge in [0.05, 0.1) is 4.47 Å². The van der Waals surface area contributed by atoms with Gasteiger partial charge in [0.15, 0.2) is 0 Å². The third-order valence-electron chi connectivity index (χ3n) is 2.32. The molecule has 0 radical (unpaired) electrons. The number of hydrogen-bond acceptors (Lipinski definition) is 3. The fraction of sp³-hybridized carbons (Fsp3) is 0.0769. The first-order valence-electron chi connectivity index (χ1n) is 5.41. The lowest BCUT2D eigenvalue weighted by atomic mass is 10.3. The van der Waals surface area contributed by atoms with Gasteiger partial charge in [0.2, 0.25) is 0 Å². The quantitative estimate of drug-likeness (QED) is 0.943. The van der Waals surface area contributed by atoms with Gasteiger partial charge in [-0.3, -0.25) is 9.78 Å². The van der Waals surface area contributed by atoms with Gasteiger partial charge < -0.3 is 10.1 Å². The molecule has 1 N–H and O–H groups in total. The zero-order valence-electron chi connectivity index (χ0n) is 9.98. The highest BCUT2D eigenvalue weighted by Crippen LogP contribution is 2.25. The largest absolute Gasteiger partial charge is 0.457 e. The van der Waals surface area contributed by atoms with Crippen LogP contribution in [0.3, 0.4) is 0 Å². The molecule has 0 unspecified atom stereocenters. The number of halogens is 2. The molecule has 0 saturated carbocycles. The highest BCUT2D eigenvalue weighted by Gasteiger charge is 2.07. The number of hydrogen-bond donors (Lipinski definition) is 1. The maximum absolute atomic E-state index is 13.3. The second-order valence-electron chi connectivity index (χ2n) is 3.63. The summed E-state index contributed by atoms with van der Waals surface area (Å²) in [5.41, 5.74) is 0.234. The van der Waals surface area contributed by atoms with Crippen molar-refractivity contribution in [3.63, 3.8) is 0 Å². The lowest BCUT2D eigenvalue weighted by molar-refractivity contribution is 0.0958. The van der Waals surface area contributed by atoms with Crippen LogP contribution < -0.4 is 10.1 Å². The fourth-order valence-corrected chi connectivity index (χ4v) is 1.65. The van der Waals surface area contributed by atoms with Crippen molar-refractivity contribution >= 4 is 21.8 Å². The van der Waals surface area contributed by atoms with Crippen molar-refractivity contribution in [2.75, 3.05) is 7.05 Å². The third kappa shape index (κ3) is 3.29. The maximum atomic E-state index is 13.3. The van der Waals surface area contributed by atoms with Crippen LogP contribution >= 0.6 is 15.9 Å². The predicted molar refractivity (Wildman–Crippen MR) is 71.8 cm³/mol. The molecular weight excluding hydrogens is 315 g/mol. The number of ether oxygens (including phenoxy) is 1. The Balaban J connectivity index is 2.23. The zero-order valence-corrected chi connectivity index (χ0v) is 11.6. The van der Waals surface area contributed by atoms with E-state index in [0.29, 0.717) is 16.0 Å². The van der Waals surface area contributed by atoms with Crippen LogP contribution in [0.15, 0.2) is 41.0 Å². The molecule has 1 heterocycles. The Morgan fingerprint density at radius 2 is 2.05 bits per heavy atom. The van der Waals surface area contributed by atoms with Crippen molar-refractivity contribution < 1.29 is 13.9 Å². The highest BCUT2D eigenvalue weighted by molar-refractivity contribution is 9.10. The Labute approximate surface area is 117 Å². The van der Waals surface area contributed by atoms with E-state index >= 15 is 0 Å². The molecule has 19 heavy (non-hydrogen) atoms. The van der Waals surface area contributed by atoms with Gasteiger partial charge in [-0.15, -0.1) is 0 Å². The van der Waals surface area contributed by atoms with Crippen LogP contribution in [0.4, 0.5) is 4.39 Å². The molecule has 0 aliphatic heterocycles. The van der Waals surface area contributed by atoms with Crippen LogP contribution in [-0.2, 0) is 0 Å². The lowest BCUT2D eigenvalue weighted by Gasteiger charge is -2.07. The minimum atomic E-state index is -0.418. The van der Waals surface area contributed by atoms with Gasteiger partial charge in [-0.05, 0) is 34.1 Å². The first-order valence-corrected chi connectivity index (χ1v) is 6.20. The molecular formula is C13H10BrFN2O2. The van der Waals surface area contributed by atoms with E-state index in [1.54, 1.807) is 18.2 Å². The molecule has 0 aliphatic rings. The van der Waals surface area contributed by atoms with Crippen LogP contribution in [0.25, 0.3) is 0 Å². The summed E-state index contributed by atoms with van der Waals surface area (Å²) >= 11 is 3.06. The highest BCUT2D eigenvalue weighted by atomic mass is 79.9. The van der Waals surface area contributed by atoms with Crippen molar-refractivity contribution in [1.29, 1.82) is 0 Å². The first-order chi connectivity index (χ1) is 9.10. The van der Waals surface area contributed by atoms with Crippen molar-refractivity contribution in [1.82, 2.24) is 10.3 Å². The second kappa shape index (κ2) is 5.79.